The van der Waals surface area contributed by atoms with Crippen LogP contribution in [-0.4, -0.2) is 38.1 Å². The number of carbonyl (C=O) groups is 1. The molecule has 0 aromatic heterocycles. The average Bonchev–Trinajstić information content (AvgIpc) is 2.99. The number of ether oxygens (including phenoxy) is 2. The first-order valence-corrected chi connectivity index (χ1v) is 10.4. The van der Waals surface area contributed by atoms with E-state index in [-0.39, 0.29) is 11.9 Å². The maximum Gasteiger partial charge on any atom is 0.234 e. The van der Waals surface area contributed by atoms with E-state index in [2.05, 4.69) is 22.3 Å². The second-order valence-corrected chi connectivity index (χ2v) is 7.59. The summed E-state index contributed by atoms with van der Waals surface area (Å²) in [5.74, 6) is 0.930. The van der Waals surface area contributed by atoms with Gasteiger partial charge in [0.15, 0.2) is 0 Å². The van der Waals surface area contributed by atoms with Crippen LogP contribution in [0.1, 0.15) is 48.4 Å². The molecule has 3 rings (SSSR count). The Morgan fingerprint density at radius 1 is 1.03 bits per heavy atom. The Morgan fingerprint density at radius 2 is 1.79 bits per heavy atom. The molecular formula is C24H32N2O3. The van der Waals surface area contributed by atoms with Crippen molar-refractivity contribution in [2.75, 3.05) is 27.3 Å². The van der Waals surface area contributed by atoms with Crippen LogP contribution in [0.15, 0.2) is 48.5 Å². The molecule has 1 heterocycles. The van der Waals surface area contributed by atoms with Crippen molar-refractivity contribution in [2.24, 2.45) is 0 Å². The van der Waals surface area contributed by atoms with Crippen molar-refractivity contribution < 1.29 is 14.3 Å². The SMILES string of the molecule is COCc1ccccc1CNC(=O)CN1CCCCCC1c1ccc(OC)cc1. The molecule has 0 saturated carbocycles. The summed E-state index contributed by atoms with van der Waals surface area (Å²) >= 11 is 0. The fourth-order valence-electron chi connectivity index (χ4n) is 4.02. The van der Waals surface area contributed by atoms with Crippen molar-refractivity contribution in [3.63, 3.8) is 0 Å². The second kappa shape index (κ2) is 11.0. The Labute approximate surface area is 174 Å². The van der Waals surface area contributed by atoms with Gasteiger partial charge in [-0.2, -0.15) is 0 Å². The Balaban J connectivity index is 1.63. The molecule has 1 aliphatic heterocycles. The lowest BCUT2D eigenvalue weighted by atomic mass is 10.0. The van der Waals surface area contributed by atoms with Crippen LogP contribution in [0.2, 0.25) is 0 Å². The highest BCUT2D eigenvalue weighted by atomic mass is 16.5. The minimum absolute atomic E-state index is 0.0673. The third-order valence-electron chi connectivity index (χ3n) is 5.61. The molecule has 5 nitrogen and oxygen atoms in total. The normalized spacial score (nSPS) is 17.5. The lowest BCUT2D eigenvalue weighted by Gasteiger charge is -2.30. The van der Waals surface area contributed by atoms with Gasteiger partial charge in [-0.05, 0) is 48.2 Å². The number of hydrogen-bond donors (Lipinski definition) is 1. The zero-order valence-electron chi connectivity index (χ0n) is 17.5. The fraction of sp³-hybridized carbons (Fsp3) is 0.458. The molecule has 29 heavy (non-hydrogen) atoms. The largest absolute Gasteiger partial charge is 0.497 e. The quantitative estimate of drug-likeness (QED) is 0.731. The predicted octanol–water partition coefficient (Wildman–Crippen LogP) is 4.08. The van der Waals surface area contributed by atoms with Crippen molar-refractivity contribution in [3.05, 3.63) is 65.2 Å². The first-order valence-electron chi connectivity index (χ1n) is 10.4. The monoisotopic (exact) mass is 396 g/mol. The summed E-state index contributed by atoms with van der Waals surface area (Å²) in [6, 6.07) is 16.6. The molecular weight excluding hydrogens is 364 g/mol. The lowest BCUT2D eigenvalue weighted by Crippen LogP contribution is -2.39. The van der Waals surface area contributed by atoms with Gasteiger partial charge in [0.25, 0.3) is 0 Å². The van der Waals surface area contributed by atoms with Crippen LogP contribution in [0, 0.1) is 0 Å². The van der Waals surface area contributed by atoms with Crippen LogP contribution < -0.4 is 10.1 Å². The number of benzene rings is 2. The zero-order valence-corrected chi connectivity index (χ0v) is 17.5. The van der Waals surface area contributed by atoms with E-state index < -0.39 is 0 Å². The number of nitrogens with one attached hydrogen (secondary N) is 1. The van der Waals surface area contributed by atoms with E-state index in [4.69, 9.17) is 9.47 Å². The minimum Gasteiger partial charge on any atom is -0.497 e. The van der Waals surface area contributed by atoms with E-state index in [0.717, 1.165) is 36.3 Å². The Hall–Kier alpha value is -2.37. The van der Waals surface area contributed by atoms with Crippen molar-refractivity contribution in [2.45, 2.75) is 44.9 Å². The summed E-state index contributed by atoms with van der Waals surface area (Å²) in [5.41, 5.74) is 3.47. The van der Waals surface area contributed by atoms with Crippen molar-refractivity contribution >= 4 is 5.91 Å². The molecule has 1 fully saturated rings. The summed E-state index contributed by atoms with van der Waals surface area (Å²) in [5, 5.41) is 3.10. The molecule has 1 amide bonds. The van der Waals surface area contributed by atoms with Gasteiger partial charge in [0.05, 0.1) is 20.3 Å². The van der Waals surface area contributed by atoms with E-state index in [0.29, 0.717) is 19.7 Å². The summed E-state index contributed by atoms with van der Waals surface area (Å²) in [6.45, 7) is 2.45. The average molecular weight is 397 g/mol. The highest BCUT2D eigenvalue weighted by molar-refractivity contribution is 5.78. The van der Waals surface area contributed by atoms with Gasteiger partial charge < -0.3 is 14.8 Å². The summed E-state index contributed by atoms with van der Waals surface area (Å²) in [6.07, 6.45) is 4.63. The molecule has 1 atom stereocenters. The summed E-state index contributed by atoms with van der Waals surface area (Å²) in [7, 11) is 3.37. The fourth-order valence-corrected chi connectivity index (χ4v) is 4.02. The summed E-state index contributed by atoms with van der Waals surface area (Å²) in [4.78, 5) is 15.1. The first kappa shape index (κ1) is 21.3. The highest BCUT2D eigenvalue weighted by Crippen LogP contribution is 2.30. The number of hydrogen-bond acceptors (Lipinski definition) is 4. The smallest absolute Gasteiger partial charge is 0.234 e. The topological polar surface area (TPSA) is 50.8 Å². The molecule has 0 spiro atoms. The molecule has 0 aliphatic carbocycles. The van der Waals surface area contributed by atoms with Gasteiger partial charge >= 0.3 is 0 Å². The molecule has 2 aromatic carbocycles. The Kier molecular flexibility index (Phi) is 8.08. The minimum atomic E-state index is 0.0673. The van der Waals surface area contributed by atoms with Crippen molar-refractivity contribution in [1.29, 1.82) is 0 Å². The summed E-state index contributed by atoms with van der Waals surface area (Å²) < 4.78 is 10.5. The van der Waals surface area contributed by atoms with Crippen LogP contribution in [0.3, 0.4) is 0 Å². The van der Waals surface area contributed by atoms with Crippen LogP contribution in [0.25, 0.3) is 0 Å². The Morgan fingerprint density at radius 3 is 2.52 bits per heavy atom. The maximum absolute atomic E-state index is 12.7. The number of methoxy groups -OCH3 is 2. The second-order valence-electron chi connectivity index (χ2n) is 7.59. The van der Waals surface area contributed by atoms with Crippen molar-refractivity contribution in [3.8, 4) is 5.75 Å². The first-order chi connectivity index (χ1) is 14.2. The van der Waals surface area contributed by atoms with Gasteiger partial charge in [0.2, 0.25) is 5.91 Å². The highest BCUT2D eigenvalue weighted by Gasteiger charge is 2.24. The van der Waals surface area contributed by atoms with Gasteiger partial charge in [0, 0.05) is 19.7 Å². The molecule has 5 heteroatoms. The van der Waals surface area contributed by atoms with E-state index in [9.17, 15) is 4.79 Å². The third kappa shape index (κ3) is 6.05. The molecule has 156 valence electrons. The van der Waals surface area contributed by atoms with Crippen molar-refractivity contribution in [1.82, 2.24) is 10.2 Å². The number of rotatable bonds is 8. The predicted molar refractivity (Wildman–Crippen MR) is 115 cm³/mol. The zero-order chi connectivity index (χ0) is 20.5. The molecule has 2 aromatic rings. The standard InChI is InChI=1S/C24H32N2O3/c1-28-18-21-9-6-5-8-20(21)16-25-24(27)17-26-15-7-3-4-10-23(26)19-11-13-22(29-2)14-12-19/h5-6,8-9,11-14,23H,3-4,7,10,15-18H2,1-2H3,(H,25,27). The van der Waals surface area contributed by atoms with Crippen LogP contribution in [0.5, 0.6) is 5.75 Å². The number of likely N-dealkylation sites (tertiary alicyclic amines) is 1. The number of amides is 1. The number of nitrogens with zero attached hydrogens (tertiary/aromatic N) is 1. The maximum atomic E-state index is 12.7. The van der Waals surface area contributed by atoms with Gasteiger partial charge in [-0.3, -0.25) is 9.69 Å². The van der Waals surface area contributed by atoms with Crippen LogP contribution >= 0.6 is 0 Å². The van der Waals surface area contributed by atoms with E-state index in [1.807, 2.05) is 36.4 Å². The van der Waals surface area contributed by atoms with Gasteiger partial charge in [-0.25, -0.2) is 0 Å². The molecule has 1 saturated heterocycles. The lowest BCUT2D eigenvalue weighted by molar-refractivity contribution is -0.123. The molecule has 0 bridgehead atoms. The van der Waals surface area contributed by atoms with Crippen LogP contribution in [0.4, 0.5) is 0 Å². The van der Waals surface area contributed by atoms with E-state index in [1.54, 1.807) is 14.2 Å². The van der Waals surface area contributed by atoms with E-state index >= 15 is 0 Å². The molecule has 0 radical (unpaired) electrons. The van der Waals surface area contributed by atoms with Gasteiger partial charge in [-0.15, -0.1) is 0 Å². The molecule has 1 unspecified atom stereocenters. The van der Waals surface area contributed by atoms with Crippen LogP contribution in [-0.2, 0) is 22.7 Å². The number of carbonyl (C=O) groups excluding carboxylic acids is 1. The molecule has 1 N–H and O–H groups in total. The van der Waals surface area contributed by atoms with Gasteiger partial charge in [-0.1, -0.05) is 49.2 Å². The van der Waals surface area contributed by atoms with Gasteiger partial charge in [0.1, 0.15) is 5.75 Å². The Bertz CT molecular complexity index is 776. The van der Waals surface area contributed by atoms with E-state index in [1.165, 1.54) is 18.4 Å². The third-order valence-corrected chi connectivity index (χ3v) is 5.61. The molecule has 1 aliphatic rings.